The summed E-state index contributed by atoms with van der Waals surface area (Å²) in [4.78, 5) is 20.8. The van der Waals surface area contributed by atoms with Crippen molar-refractivity contribution in [1.29, 1.82) is 0 Å². The number of rotatable bonds is 7. The van der Waals surface area contributed by atoms with Gasteiger partial charge in [-0.15, -0.1) is 0 Å². The lowest BCUT2D eigenvalue weighted by Gasteiger charge is -2.10. The molecular weight excluding hydrogens is 376 g/mol. The largest absolute Gasteiger partial charge is 0.457 e. The summed E-state index contributed by atoms with van der Waals surface area (Å²) >= 11 is 0. The molecule has 0 saturated heterocycles. The number of para-hydroxylation sites is 1. The van der Waals surface area contributed by atoms with Crippen molar-refractivity contribution in [2.24, 2.45) is 0 Å². The second-order valence-electron chi connectivity index (χ2n) is 6.57. The Kier molecular flexibility index (Phi) is 5.96. The lowest BCUT2D eigenvalue weighted by Crippen LogP contribution is -2.12. The molecule has 0 spiro atoms. The second-order valence-corrected chi connectivity index (χ2v) is 6.57. The van der Waals surface area contributed by atoms with Crippen LogP contribution < -0.4 is 15.4 Å². The van der Waals surface area contributed by atoms with Crippen molar-refractivity contribution in [1.82, 2.24) is 9.97 Å². The number of aromatic nitrogens is 2. The van der Waals surface area contributed by atoms with Gasteiger partial charge in [0.25, 0.3) is 5.91 Å². The van der Waals surface area contributed by atoms with Gasteiger partial charge in [0.15, 0.2) is 0 Å². The van der Waals surface area contributed by atoms with Crippen molar-refractivity contribution in [3.8, 4) is 11.5 Å². The Morgan fingerprint density at radius 2 is 1.60 bits per heavy atom. The van der Waals surface area contributed by atoms with E-state index in [-0.39, 0.29) is 5.91 Å². The summed E-state index contributed by atoms with van der Waals surface area (Å²) in [6.45, 7) is 0.601. The molecule has 0 saturated carbocycles. The van der Waals surface area contributed by atoms with Gasteiger partial charge in [-0.1, -0.05) is 24.3 Å². The average molecular weight is 396 g/mol. The molecule has 6 nitrogen and oxygen atoms in total. The van der Waals surface area contributed by atoms with Gasteiger partial charge in [0, 0.05) is 37.0 Å². The zero-order chi connectivity index (χ0) is 20.6. The van der Waals surface area contributed by atoms with Gasteiger partial charge in [0.2, 0.25) is 0 Å². The number of nitrogens with zero attached hydrogens (tertiary/aromatic N) is 2. The van der Waals surface area contributed by atoms with E-state index < -0.39 is 0 Å². The molecule has 0 aliphatic rings. The third kappa shape index (κ3) is 5.20. The van der Waals surface area contributed by atoms with Crippen LogP contribution in [0.4, 0.5) is 11.4 Å². The van der Waals surface area contributed by atoms with Gasteiger partial charge in [-0.25, -0.2) is 0 Å². The van der Waals surface area contributed by atoms with Crippen molar-refractivity contribution in [3.63, 3.8) is 0 Å². The van der Waals surface area contributed by atoms with E-state index in [0.717, 1.165) is 17.0 Å². The smallest absolute Gasteiger partial charge is 0.257 e. The molecule has 0 atom stereocenters. The number of hydrogen-bond acceptors (Lipinski definition) is 5. The summed E-state index contributed by atoms with van der Waals surface area (Å²) in [5.41, 5.74) is 2.95. The SMILES string of the molecule is O=C(Nc1ccc(Oc2ccccc2)cc1)c1cncc(NCc2cccnc2)c1. The zero-order valence-electron chi connectivity index (χ0n) is 16.2. The maximum Gasteiger partial charge on any atom is 0.257 e. The standard InChI is InChI=1S/C24H20N4O2/c29-24(19-13-21(17-26-16-19)27-15-18-5-4-12-25-14-18)28-20-8-10-23(11-9-20)30-22-6-2-1-3-7-22/h1-14,16-17,27H,15H2,(H,28,29). The number of benzene rings is 2. The van der Waals surface area contributed by atoms with E-state index in [1.54, 1.807) is 36.8 Å². The second kappa shape index (κ2) is 9.34. The molecule has 2 aromatic carbocycles. The summed E-state index contributed by atoms with van der Waals surface area (Å²) in [7, 11) is 0. The van der Waals surface area contributed by atoms with Gasteiger partial charge in [-0.2, -0.15) is 0 Å². The lowest BCUT2D eigenvalue weighted by molar-refractivity contribution is 0.102. The Labute approximate surface area is 174 Å². The van der Waals surface area contributed by atoms with Gasteiger partial charge < -0.3 is 15.4 Å². The fourth-order valence-corrected chi connectivity index (χ4v) is 2.80. The first-order valence-electron chi connectivity index (χ1n) is 9.48. The molecule has 2 aromatic heterocycles. The molecule has 0 unspecified atom stereocenters. The predicted molar refractivity (Wildman–Crippen MR) is 117 cm³/mol. The quantitative estimate of drug-likeness (QED) is 0.453. The van der Waals surface area contributed by atoms with E-state index in [9.17, 15) is 4.79 Å². The van der Waals surface area contributed by atoms with Gasteiger partial charge in [0.05, 0.1) is 11.3 Å². The lowest BCUT2D eigenvalue weighted by atomic mass is 10.2. The third-order valence-corrected chi connectivity index (χ3v) is 4.31. The number of hydrogen-bond donors (Lipinski definition) is 2. The third-order valence-electron chi connectivity index (χ3n) is 4.31. The summed E-state index contributed by atoms with van der Waals surface area (Å²) in [6.07, 6.45) is 6.75. The molecule has 6 heteroatoms. The molecule has 0 aliphatic heterocycles. The maximum atomic E-state index is 12.6. The number of carbonyl (C=O) groups is 1. The van der Waals surface area contributed by atoms with Crippen molar-refractivity contribution >= 4 is 17.3 Å². The highest BCUT2D eigenvalue weighted by atomic mass is 16.5. The molecule has 2 heterocycles. The Bertz CT molecular complexity index is 1100. The minimum Gasteiger partial charge on any atom is -0.457 e. The Morgan fingerprint density at radius 3 is 2.37 bits per heavy atom. The zero-order valence-corrected chi connectivity index (χ0v) is 16.2. The van der Waals surface area contributed by atoms with Gasteiger partial charge in [0.1, 0.15) is 11.5 Å². The van der Waals surface area contributed by atoms with Crippen LogP contribution in [0.25, 0.3) is 0 Å². The number of amides is 1. The van der Waals surface area contributed by atoms with Crippen LogP contribution in [0.3, 0.4) is 0 Å². The van der Waals surface area contributed by atoms with E-state index in [1.807, 2.05) is 54.6 Å². The fraction of sp³-hybridized carbons (Fsp3) is 0.0417. The molecule has 30 heavy (non-hydrogen) atoms. The highest BCUT2D eigenvalue weighted by Gasteiger charge is 2.08. The van der Waals surface area contributed by atoms with Gasteiger partial charge in [-0.3, -0.25) is 14.8 Å². The molecule has 0 radical (unpaired) electrons. The van der Waals surface area contributed by atoms with Crippen LogP contribution in [-0.4, -0.2) is 15.9 Å². The molecule has 0 aliphatic carbocycles. The fourth-order valence-electron chi connectivity index (χ4n) is 2.80. The number of ether oxygens (including phenoxy) is 1. The molecule has 4 aromatic rings. The van der Waals surface area contributed by atoms with Gasteiger partial charge in [-0.05, 0) is 54.1 Å². The van der Waals surface area contributed by atoms with Crippen molar-refractivity contribution in [2.75, 3.05) is 10.6 Å². The highest BCUT2D eigenvalue weighted by molar-refractivity contribution is 6.04. The topological polar surface area (TPSA) is 76.1 Å². The maximum absolute atomic E-state index is 12.6. The average Bonchev–Trinajstić information content (AvgIpc) is 2.80. The van der Waals surface area contributed by atoms with Crippen molar-refractivity contribution in [3.05, 3.63) is 109 Å². The summed E-state index contributed by atoms with van der Waals surface area (Å²) in [5.74, 6) is 1.22. The molecule has 148 valence electrons. The predicted octanol–water partition coefficient (Wildman–Crippen LogP) is 5.13. The number of pyridine rings is 2. The minimum absolute atomic E-state index is 0.232. The van der Waals surface area contributed by atoms with E-state index in [0.29, 0.717) is 23.5 Å². The van der Waals surface area contributed by atoms with Crippen LogP contribution in [0.2, 0.25) is 0 Å². The first-order chi connectivity index (χ1) is 14.8. The van der Waals surface area contributed by atoms with Crippen molar-refractivity contribution < 1.29 is 9.53 Å². The van der Waals surface area contributed by atoms with Gasteiger partial charge >= 0.3 is 0 Å². The molecule has 2 N–H and O–H groups in total. The van der Waals surface area contributed by atoms with E-state index in [1.165, 1.54) is 6.20 Å². The molecule has 1 amide bonds. The number of carbonyl (C=O) groups excluding carboxylic acids is 1. The summed E-state index contributed by atoms with van der Waals surface area (Å²) < 4.78 is 5.77. The van der Waals surface area contributed by atoms with Crippen LogP contribution in [0.15, 0.2) is 97.6 Å². The number of nitrogens with one attached hydrogen (secondary N) is 2. The van der Waals surface area contributed by atoms with E-state index in [2.05, 4.69) is 20.6 Å². The number of anilines is 2. The van der Waals surface area contributed by atoms with E-state index in [4.69, 9.17) is 4.74 Å². The van der Waals surface area contributed by atoms with Crippen LogP contribution in [0.1, 0.15) is 15.9 Å². The highest BCUT2D eigenvalue weighted by Crippen LogP contribution is 2.23. The Hall–Kier alpha value is -4.19. The molecule has 4 rings (SSSR count). The summed E-state index contributed by atoms with van der Waals surface area (Å²) in [6, 6.07) is 22.4. The molecule has 0 fully saturated rings. The van der Waals surface area contributed by atoms with Crippen LogP contribution >= 0.6 is 0 Å². The molecule has 0 bridgehead atoms. The first-order valence-corrected chi connectivity index (χ1v) is 9.48. The first kappa shape index (κ1) is 19.1. The van der Waals surface area contributed by atoms with Crippen LogP contribution in [0.5, 0.6) is 11.5 Å². The summed E-state index contributed by atoms with van der Waals surface area (Å²) in [5, 5.41) is 6.13. The molecular formula is C24H20N4O2. The Morgan fingerprint density at radius 1 is 0.800 bits per heavy atom. The van der Waals surface area contributed by atoms with Crippen molar-refractivity contribution in [2.45, 2.75) is 6.54 Å². The normalized spacial score (nSPS) is 10.3. The Balaban J connectivity index is 1.36. The van der Waals surface area contributed by atoms with Crippen LogP contribution in [0, 0.1) is 0 Å². The van der Waals surface area contributed by atoms with Crippen LogP contribution in [-0.2, 0) is 6.54 Å². The monoisotopic (exact) mass is 396 g/mol. The minimum atomic E-state index is -0.232. The van der Waals surface area contributed by atoms with E-state index >= 15 is 0 Å².